The maximum atomic E-state index is 5.47. The summed E-state index contributed by atoms with van der Waals surface area (Å²) in [5.41, 5.74) is 2.25. The van der Waals surface area contributed by atoms with E-state index in [1.165, 1.54) is 11.9 Å². The molecule has 3 heterocycles. The summed E-state index contributed by atoms with van der Waals surface area (Å²) in [5, 5.41) is 4.13. The summed E-state index contributed by atoms with van der Waals surface area (Å²) >= 11 is 0. The second-order valence-corrected chi connectivity index (χ2v) is 5.48. The van der Waals surface area contributed by atoms with Crippen molar-refractivity contribution in [2.45, 2.75) is 18.9 Å². The molecule has 0 bridgehead atoms. The van der Waals surface area contributed by atoms with Crippen LogP contribution in [-0.2, 0) is 11.3 Å². The fourth-order valence-corrected chi connectivity index (χ4v) is 2.84. The quantitative estimate of drug-likeness (QED) is 0.739. The Morgan fingerprint density at radius 3 is 2.86 bits per heavy atom. The van der Waals surface area contributed by atoms with E-state index in [4.69, 9.17) is 4.74 Å². The highest BCUT2D eigenvalue weighted by atomic mass is 16.5. The molecule has 1 fully saturated rings. The van der Waals surface area contributed by atoms with Crippen molar-refractivity contribution in [1.29, 1.82) is 0 Å². The molecule has 3 aromatic rings. The Balaban J connectivity index is 1.53. The van der Waals surface area contributed by atoms with Crippen LogP contribution in [-0.4, -0.2) is 37.5 Å². The van der Waals surface area contributed by atoms with Gasteiger partial charge in [0.25, 0.3) is 0 Å². The first-order valence-corrected chi connectivity index (χ1v) is 7.43. The predicted molar refractivity (Wildman–Crippen MR) is 80.9 cm³/mol. The lowest BCUT2D eigenvalue weighted by atomic mass is 10.1. The maximum Gasteiger partial charge on any atom is 0.138 e. The maximum absolute atomic E-state index is 5.47. The lowest BCUT2D eigenvalue weighted by Gasteiger charge is -2.12. The van der Waals surface area contributed by atoms with E-state index in [9.17, 15) is 0 Å². The van der Waals surface area contributed by atoms with Crippen LogP contribution >= 0.6 is 0 Å². The monoisotopic (exact) mass is 295 g/mol. The van der Waals surface area contributed by atoms with E-state index in [2.05, 4.69) is 43.9 Å². The SMILES string of the molecule is c1cn(Cc2ccc(-n3cncn3)cc2)c([C@@H]2CCOC2)n1. The smallest absolute Gasteiger partial charge is 0.138 e. The van der Waals surface area contributed by atoms with Crippen molar-refractivity contribution in [2.24, 2.45) is 0 Å². The van der Waals surface area contributed by atoms with Gasteiger partial charge in [-0.1, -0.05) is 12.1 Å². The summed E-state index contributed by atoms with van der Waals surface area (Å²) < 4.78 is 9.44. The van der Waals surface area contributed by atoms with Gasteiger partial charge in [0, 0.05) is 31.5 Å². The molecule has 22 heavy (non-hydrogen) atoms. The zero-order valence-corrected chi connectivity index (χ0v) is 12.2. The van der Waals surface area contributed by atoms with Crippen LogP contribution in [0.1, 0.15) is 23.7 Å². The zero-order valence-electron chi connectivity index (χ0n) is 12.2. The van der Waals surface area contributed by atoms with Crippen molar-refractivity contribution in [3.63, 3.8) is 0 Å². The van der Waals surface area contributed by atoms with E-state index < -0.39 is 0 Å². The molecule has 0 radical (unpaired) electrons. The average Bonchev–Trinajstić information content (AvgIpc) is 3.30. The van der Waals surface area contributed by atoms with Gasteiger partial charge in [0.15, 0.2) is 0 Å². The predicted octanol–water partition coefficient (Wildman–Crippen LogP) is 2.02. The zero-order chi connectivity index (χ0) is 14.8. The molecule has 1 aliphatic heterocycles. The second kappa shape index (κ2) is 5.73. The van der Waals surface area contributed by atoms with E-state index >= 15 is 0 Å². The van der Waals surface area contributed by atoms with Gasteiger partial charge in [0.2, 0.25) is 0 Å². The third kappa shape index (κ3) is 2.53. The molecule has 1 saturated heterocycles. The molecule has 0 aliphatic carbocycles. The summed E-state index contributed by atoms with van der Waals surface area (Å²) in [4.78, 5) is 8.48. The van der Waals surface area contributed by atoms with Gasteiger partial charge in [0.05, 0.1) is 12.3 Å². The molecule has 0 unspecified atom stereocenters. The van der Waals surface area contributed by atoms with E-state index in [0.29, 0.717) is 5.92 Å². The largest absolute Gasteiger partial charge is 0.381 e. The van der Waals surface area contributed by atoms with Gasteiger partial charge in [-0.15, -0.1) is 0 Å². The van der Waals surface area contributed by atoms with Gasteiger partial charge in [-0.25, -0.2) is 14.6 Å². The highest BCUT2D eigenvalue weighted by Gasteiger charge is 2.22. The topological polar surface area (TPSA) is 57.8 Å². The molecule has 0 amide bonds. The Morgan fingerprint density at radius 1 is 1.23 bits per heavy atom. The molecule has 0 saturated carbocycles. The average molecular weight is 295 g/mol. The molecular formula is C16H17N5O. The third-order valence-electron chi connectivity index (χ3n) is 4.02. The summed E-state index contributed by atoms with van der Waals surface area (Å²) in [6.07, 6.45) is 8.21. The number of rotatable bonds is 4. The first kappa shape index (κ1) is 13.2. The highest BCUT2D eigenvalue weighted by molar-refractivity contribution is 5.33. The normalized spacial score (nSPS) is 17.9. The van der Waals surface area contributed by atoms with Gasteiger partial charge in [-0.3, -0.25) is 0 Å². The molecule has 1 aliphatic rings. The summed E-state index contributed by atoms with van der Waals surface area (Å²) in [5.74, 6) is 1.54. The van der Waals surface area contributed by atoms with E-state index in [1.807, 2.05) is 12.4 Å². The Labute approximate surface area is 128 Å². The molecule has 1 atom stereocenters. The van der Waals surface area contributed by atoms with Crippen LogP contribution in [0.15, 0.2) is 49.3 Å². The lowest BCUT2D eigenvalue weighted by Crippen LogP contribution is -2.10. The lowest BCUT2D eigenvalue weighted by molar-refractivity contribution is 0.192. The Hall–Kier alpha value is -2.47. The first-order chi connectivity index (χ1) is 10.9. The van der Waals surface area contributed by atoms with Crippen LogP contribution in [0.25, 0.3) is 5.69 Å². The highest BCUT2D eigenvalue weighted by Crippen LogP contribution is 2.24. The molecule has 112 valence electrons. The van der Waals surface area contributed by atoms with Gasteiger partial charge < -0.3 is 9.30 Å². The number of benzene rings is 1. The number of imidazole rings is 1. The van der Waals surface area contributed by atoms with Crippen molar-refractivity contribution in [3.05, 3.63) is 60.7 Å². The van der Waals surface area contributed by atoms with Crippen LogP contribution in [0.3, 0.4) is 0 Å². The number of hydrogen-bond acceptors (Lipinski definition) is 4. The Bertz CT molecular complexity index is 726. The van der Waals surface area contributed by atoms with E-state index in [1.54, 1.807) is 11.0 Å². The number of ether oxygens (including phenoxy) is 1. The van der Waals surface area contributed by atoms with Crippen LogP contribution in [0, 0.1) is 0 Å². The number of hydrogen-bond donors (Lipinski definition) is 0. The first-order valence-electron chi connectivity index (χ1n) is 7.43. The molecular weight excluding hydrogens is 278 g/mol. The summed E-state index contributed by atoms with van der Waals surface area (Å²) in [7, 11) is 0. The number of nitrogens with zero attached hydrogens (tertiary/aromatic N) is 5. The Morgan fingerprint density at radius 2 is 2.14 bits per heavy atom. The molecule has 0 N–H and O–H groups in total. The summed E-state index contributed by atoms with van der Waals surface area (Å²) in [6.45, 7) is 2.44. The van der Waals surface area contributed by atoms with Crippen LogP contribution in [0.4, 0.5) is 0 Å². The van der Waals surface area contributed by atoms with Gasteiger partial charge >= 0.3 is 0 Å². The molecule has 1 aromatic carbocycles. The van der Waals surface area contributed by atoms with Crippen molar-refractivity contribution >= 4 is 0 Å². The van der Waals surface area contributed by atoms with Crippen molar-refractivity contribution in [2.75, 3.05) is 13.2 Å². The standard InChI is InChI=1S/C16H17N5O/c1-3-15(21-12-17-11-19-21)4-2-13(1)9-20-7-6-18-16(20)14-5-8-22-10-14/h1-4,6-7,11-12,14H,5,8-10H2/t14-/m1/s1. The minimum absolute atomic E-state index is 0.421. The minimum atomic E-state index is 0.421. The number of aromatic nitrogens is 5. The Kier molecular flexibility index (Phi) is 3.44. The second-order valence-electron chi connectivity index (χ2n) is 5.48. The van der Waals surface area contributed by atoms with Crippen LogP contribution < -0.4 is 0 Å². The van der Waals surface area contributed by atoms with Crippen LogP contribution in [0.2, 0.25) is 0 Å². The molecule has 2 aromatic heterocycles. The third-order valence-corrected chi connectivity index (χ3v) is 4.02. The van der Waals surface area contributed by atoms with E-state index in [0.717, 1.165) is 37.7 Å². The molecule has 6 nitrogen and oxygen atoms in total. The van der Waals surface area contributed by atoms with Crippen LogP contribution in [0.5, 0.6) is 0 Å². The van der Waals surface area contributed by atoms with Crippen molar-refractivity contribution in [1.82, 2.24) is 24.3 Å². The summed E-state index contributed by atoms with van der Waals surface area (Å²) in [6, 6.07) is 8.34. The fourth-order valence-electron chi connectivity index (χ4n) is 2.84. The van der Waals surface area contributed by atoms with Gasteiger partial charge in [0.1, 0.15) is 18.5 Å². The van der Waals surface area contributed by atoms with Gasteiger partial charge in [-0.2, -0.15) is 5.10 Å². The van der Waals surface area contributed by atoms with E-state index in [-0.39, 0.29) is 0 Å². The minimum Gasteiger partial charge on any atom is -0.381 e. The molecule has 0 spiro atoms. The van der Waals surface area contributed by atoms with Crippen molar-refractivity contribution in [3.8, 4) is 5.69 Å². The van der Waals surface area contributed by atoms with Gasteiger partial charge in [-0.05, 0) is 24.1 Å². The molecule has 4 rings (SSSR count). The fraction of sp³-hybridized carbons (Fsp3) is 0.312. The van der Waals surface area contributed by atoms with Crippen molar-refractivity contribution < 1.29 is 4.74 Å². The molecule has 6 heteroatoms.